The second-order valence-electron chi connectivity index (χ2n) is 8.37. The van der Waals surface area contributed by atoms with Crippen molar-refractivity contribution in [3.05, 3.63) is 29.3 Å². The van der Waals surface area contributed by atoms with Crippen molar-refractivity contribution < 1.29 is 14.3 Å². The van der Waals surface area contributed by atoms with E-state index in [1.54, 1.807) is 0 Å². The van der Waals surface area contributed by atoms with E-state index in [1.165, 1.54) is 12.8 Å². The van der Waals surface area contributed by atoms with E-state index in [2.05, 4.69) is 16.3 Å². The number of rotatable bonds is 8. The van der Waals surface area contributed by atoms with Gasteiger partial charge in [0.25, 0.3) is 0 Å². The number of hydrogen-bond acceptors (Lipinski definition) is 4. The molecule has 0 unspecified atom stereocenters. The Morgan fingerprint density at radius 3 is 2.55 bits per heavy atom. The van der Waals surface area contributed by atoms with Gasteiger partial charge in [-0.2, -0.15) is 0 Å². The summed E-state index contributed by atoms with van der Waals surface area (Å²) in [5, 5.41) is 2.98. The highest BCUT2D eigenvalue weighted by Crippen LogP contribution is 2.26. The van der Waals surface area contributed by atoms with Gasteiger partial charge in [0, 0.05) is 45.2 Å². The molecule has 0 atom stereocenters. The number of nitrogens with one attached hydrogen (secondary N) is 1. The van der Waals surface area contributed by atoms with E-state index in [4.69, 9.17) is 4.74 Å². The third-order valence-corrected chi connectivity index (χ3v) is 6.07. The Morgan fingerprint density at radius 2 is 1.83 bits per heavy atom. The summed E-state index contributed by atoms with van der Waals surface area (Å²) in [6.45, 7) is 9.31. The van der Waals surface area contributed by atoms with Gasteiger partial charge in [-0.15, -0.1) is 0 Å². The summed E-state index contributed by atoms with van der Waals surface area (Å²) >= 11 is 0. The van der Waals surface area contributed by atoms with Gasteiger partial charge in [0.05, 0.1) is 13.0 Å². The number of ether oxygens (including phenoxy) is 1. The maximum Gasteiger partial charge on any atom is 0.225 e. The summed E-state index contributed by atoms with van der Waals surface area (Å²) in [5.74, 6) is 1.50. The Labute approximate surface area is 174 Å². The largest absolute Gasteiger partial charge is 0.493 e. The van der Waals surface area contributed by atoms with Gasteiger partial charge in [-0.1, -0.05) is 25.0 Å². The molecule has 6 heteroatoms. The molecule has 2 amide bonds. The first kappa shape index (κ1) is 21.6. The molecule has 0 bridgehead atoms. The molecule has 0 spiro atoms. The van der Waals surface area contributed by atoms with E-state index in [0.29, 0.717) is 25.5 Å². The predicted molar refractivity (Wildman–Crippen MR) is 114 cm³/mol. The normalized spacial score (nSPS) is 18.1. The second-order valence-corrected chi connectivity index (χ2v) is 8.37. The molecule has 2 fully saturated rings. The molecular formula is C23H35N3O3. The van der Waals surface area contributed by atoms with Crippen molar-refractivity contribution in [2.75, 3.05) is 45.9 Å². The fourth-order valence-electron chi connectivity index (χ4n) is 4.18. The third kappa shape index (κ3) is 6.46. The number of aryl methyl sites for hydroxylation is 2. The van der Waals surface area contributed by atoms with Crippen molar-refractivity contribution in [2.24, 2.45) is 5.92 Å². The SMILES string of the molecule is Cc1ccc(C)c(OCCC(=O)NCCN2CCN(C(=O)C3CCCC3)CC2)c1. The van der Waals surface area contributed by atoms with Crippen LogP contribution in [0.4, 0.5) is 0 Å². The maximum absolute atomic E-state index is 12.5. The molecule has 2 aliphatic rings. The smallest absolute Gasteiger partial charge is 0.225 e. The van der Waals surface area contributed by atoms with E-state index in [0.717, 1.165) is 62.4 Å². The van der Waals surface area contributed by atoms with Gasteiger partial charge in [-0.25, -0.2) is 0 Å². The number of carbonyl (C=O) groups is 2. The summed E-state index contributed by atoms with van der Waals surface area (Å²) in [6.07, 6.45) is 4.89. The number of benzene rings is 1. The van der Waals surface area contributed by atoms with E-state index in [1.807, 2.05) is 30.9 Å². The van der Waals surface area contributed by atoms with Gasteiger partial charge in [0.15, 0.2) is 0 Å². The van der Waals surface area contributed by atoms with Crippen molar-refractivity contribution in [3.8, 4) is 5.75 Å². The van der Waals surface area contributed by atoms with Crippen LogP contribution in [0.2, 0.25) is 0 Å². The van der Waals surface area contributed by atoms with Crippen molar-refractivity contribution >= 4 is 11.8 Å². The molecule has 0 radical (unpaired) electrons. The van der Waals surface area contributed by atoms with Crippen molar-refractivity contribution in [1.29, 1.82) is 0 Å². The molecule has 1 aromatic rings. The van der Waals surface area contributed by atoms with Crippen LogP contribution in [0.3, 0.4) is 0 Å². The molecular weight excluding hydrogens is 366 g/mol. The van der Waals surface area contributed by atoms with E-state index >= 15 is 0 Å². The maximum atomic E-state index is 12.5. The molecule has 160 valence electrons. The number of piperazine rings is 1. The Balaban J connectivity index is 1.27. The van der Waals surface area contributed by atoms with Crippen LogP contribution in [-0.4, -0.2) is 67.5 Å². The minimum atomic E-state index is 0.0188. The summed E-state index contributed by atoms with van der Waals surface area (Å²) in [7, 11) is 0. The Kier molecular flexibility index (Phi) is 7.92. The fraction of sp³-hybridized carbons (Fsp3) is 0.652. The van der Waals surface area contributed by atoms with E-state index in [9.17, 15) is 9.59 Å². The zero-order valence-electron chi connectivity index (χ0n) is 17.9. The van der Waals surface area contributed by atoms with Crippen LogP contribution < -0.4 is 10.1 Å². The molecule has 29 heavy (non-hydrogen) atoms. The van der Waals surface area contributed by atoms with Crippen LogP contribution in [0.5, 0.6) is 5.75 Å². The van der Waals surface area contributed by atoms with Crippen molar-refractivity contribution in [3.63, 3.8) is 0 Å². The number of amides is 2. The Bertz CT molecular complexity index is 693. The monoisotopic (exact) mass is 401 g/mol. The zero-order chi connectivity index (χ0) is 20.6. The Hall–Kier alpha value is -2.08. The van der Waals surface area contributed by atoms with Crippen LogP contribution in [0.15, 0.2) is 18.2 Å². The highest BCUT2D eigenvalue weighted by molar-refractivity contribution is 5.79. The average Bonchev–Trinajstić information content (AvgIpc) is 3.25. The summed E-state index contributed by atoms with van der Waals surface area (Å²) in [5.41, 5.74) is 2.24. The lowest BCUT2D eigenvalue weighted by Crippen LogP contribution is -2.51. The highest BCUT2D eigenvalue weighted by Gasteiger charge is 2.29. The summed E-state index contributed by atoms with van der Waals surface area (Å²) < 4.78 is 5.75. The van der Waals surface area contributed by atoms with Gasteiger partial charge in [-0.05, 0) is 43.9 Å². The molecule has 3 rings (SSSR count). The highest BCUT2D eigenvalue weighted by atomic mass is 16.5. The van der Waals surface area contributed by atoms with Crippen LogP contribution >= 0.6 is 0 Å². The van der Waals surface area contributed by atoms with Crippen LogP contribution in [-0.2, 0) is 9.59 Å². The van der Waals surface area contributed by atoms with Gasteiger partial charge in [0.1, 0.15) is 5.75 Å². The molecule has 1 aromatic carbocycles. The van der Waals surface area contributed by atoms with E-state index in [-0.39, 0.29) is 11.8 Å². The van der Waals surface area contributed by atoms with Gasteiger partial charge in [0.2, 0.25) is 11.8 Å². The zero-order valence-corrected chi connectivity index (χ0v) is 17.9. The van der Waals surface area contributed by atoms with Crippen molar-refractivity contribution in [1.82, 2.24) is 15.1 Å². The van der Waals surface area contributed by atoms with Crippen LogP contribution in [0.25, 0.3) is 0 Å². The molecule has 6 nitrogen and oxygen atoms in total. The number of nitrogens with zero attached hydrogens (tertiary/aromatic N) is 2. The van der Waals surface area contributed by atoms with Crippen LogP contribution in [0.1, 0.15) is 43.2 Å². The molecule has 1 N–H and O–H groups in total. The average molecular weight is 402 g/mol. The Morgan fingerprint density at radius 1 is 1.10 bits per heavy atom. The van der Waals surface area contributed by atoms with Gasteiger partial charge < -0.3 is 15.0 Å². The molecule has 1 saturated heterocycles. The number of carbonyl (C=O) groups excluding carboxylic acids is 2. The third-order valence-electron chi connectivity index (χ3n) is 6.07. The van der Waals surface area contributed by atoms with E-state index < -0.39 is 0 Å². The minimum Gasteiger partial charge on any atom is -0.493 e. The summed E-state index contributed by atoms with van der Waals surface area (Å²) in [6, 6.07) is 6.09. The summed E-state index contributed by atoms with van der Waals surface area (Å²) in [4.78, 5) is 28.9. The molecule has 1 aliphatic heterocycles. The minimum absolute atomic E-state index is 0.0188. The molecule has 1 saturated carbocycles. The number of hydrogen-bond donors (Lipinski definition) is 1. The van der Waals surface area contributed by atoms with Crippen molar-refractivity contribution in [2.45, 2.75) is 46.0 Å². The lowest BCUT2D eigenvalue weighted by atomic mass is 10.1. The first-order valence-electron chi connectivity index (χ1n) is 11.0. The molecule has 1 aliphatic carbocycles. The topological polar surface area (TPSA) is 61.9 Å². The van der Waals surface area contributed by atoms with Gasteiger partial charge >= 0.3 is 0 Å². The lowest BCUT2D eigenvalue weighted by molar-refractivity contribution is -0.137. The first-order chi connectivity index (χ1) is 14.0. The molecule has 0 aromatic heterocycles. The lowest BCUT2D eigenvalue weighted by Gasteiger charge is -2.36. The quantitative estimate of drug-likeness (QED) is 0.727. The van der Waals surface area contributed by atoms with Crippen LogP contribution in [0, 0.1) is 19.8 Å². The second kappa shape index (κ2) is 10.6. The first-order valence-corrected chi connectivity index (χ1v) is 11.0. The standard InChI is InChI=1S/C23H35N3O3/c1-18-7-8-19(2)21(17-18)29-16-9-22(27)24-10-11-25-12-14-26(15-13-25)23(28)20-5-3-4-6-20/h7-8,17,20H,3-6,9-16H2,1-2H3,(H,24,27). The van der Waals surface area contributed by atoms with Gasteiger partial charge in [-0.3, -0.25) is 14.5 Å². The predicted octanol–water partition coefficient (Wildman–Crippen LogP) is 2.52. The molecule has 1 heterocycles. The fourth-order valence-corrected chi connectivity index (χ4v) is 4.18.